The number of hydrogen-bond donors (Lipinski definition) is 3. The second-order valence-electron chi connectivity index (χ2n) is 6.79. The fraction of sp³-hybridized carbons (Fsp3) is 0.588. The van der Waals surface area contributed by atoms with Crippen molar-refractivity contribution in [1.82, 2.24) is 16.0 Å². The Morgan fingerprint density at radius 3 is 2.96 bits per heavy atom. The highest BCUT2D eigenvalue weighted by molar-refractivity contribution is 5.82. The van der Waals surface area contributed by atoms with Crippen molar-refractivity contribution in [2.45, 2.75) is 31.8 Å². The van der Waals surface area contributed by atoms with Crippen LogP contribution in [-0.4, -0.2) is 38.4 Å². The minimum atomic E-state index is -0.0675. The van der Waals surface area contributed by atoms with Crippen molar-refractivity contribution in [2.24, 2.45) is 5.41 Å². The second kappa shape index (κ2) is 6.02. The monoisotopic (exact) mass is 317 g/mol. The second-order valence-corrected chi connectivity index (χ2v) is 6.79. The summed E-state index contributed by atoms with van der Waals surface area (Å²) in [5.41, 5.74) is 1.34. The lowest BCUT2D eigenvalue weighted by molar-refractivity contribution is -0.123. The molecule has 0 bridgehead atoms. The number of hydrogen-bond acceptors (Lipinski definition) is 5. The molecule has 3 aliphatic heterocycles. The average molecular weight is 317 g/mol. The van der Waals surface area contributed by atoms with Gasteiger partial charge in [0.05, 0.1) is 6.04 Å². The summed E-state index contributed by atoms with van der Waals surface area (Å²) in [6.07, 6.45) is 3.26. The van der Waals surface area contributed by atoms with Gasteiger partial charge in [0.1, 0.15) is 0 Å². The summed E-state index contributed by atoms with van der Waals surface area (Å²) >= 11 is 0. The van der Waals surface area contributed by atoms with Crippen LogP contribution >= 0.6 is 0 Å². The van der Waals surface area contributed by atoms with E-state index >= 15 is 0 Å². The molecule has 4 rings (SSSR count). The van der Waals surface area contributed by atoms with E-state index in [0.717, 1.165) is 56.0 Å². The zero-order valence-corrected chi connectivity index (χ0v) is 13.2. The van der Waals surface area contributed by atoms with E-state index in [4.69, 9.17) is 9.47 Å². The number of piperidine rings is 1. The Balaban J connectivity index is 1.32. The van der Waals surface area contributed by atoms with Crippen molar-refractivity contribution in [3.63, 3.8) is 0 Å². The van der Waals surface area contributed by atoms with E-state index in [0.29, 0.717) is 12.0 Å². The lowest BCUT2D eigenvalue weighted by atomic mass is 9.77. The summed E-state index contributed by atoms with van der Waals surface area (Å²) in [5, 5.41) is 9.85. The minimum absolute atomic E-state index is 0.0675. The van der Waals surface area contributed by atoms with Crippen molar-refractivity contribution in [1.29, 1.82) is 0 Å². The van der Waals surface area contributed by atoms with Crippen molar-refractivity contribution in [2.75, 3.05) is 26.4 Å². The molecule has 2 fully saturated rings. The molecule has 3 aliphatic rings. The molecule has 1 amide bonds. The quantitative estimate of drug-likeness (QED) is 0.768. The fourth-order valence-corrected chi connectivity index (χ4v) is 3.80. The number of rotatable bonds is 3. The van der Waals surface area contributed by atoms with Crippen molar-refractivity contribution in [3.05, 3.63) is 23.8 Å². The molecule has 1 spiro atoms. The van der Waals surface area contributed by atoms with Gasteiger partial charge >= 0.3 is 0 Å². The van der Waals surface area contributed by atoms with E-state index in [1.54, 1.807) is 0 Å². The molecule has 0 saturated carbocycles. The molecule has 3 N–H and O–H groups in total. The van der Waals surface area contributed by atoms with Crippen LogP contribution in [0.1, 0.15) is 24.8 Å². The third-order valence-corrected chi connectivity index (χ3v) is 5.25. The highest BCUT2D eigenvalue weighted by Crippen LogP contribution is 2.37. The van der Waals surface area contributed by atoms with Gasteiger partial charge in [0.25, 0.3) is 0 Å². The Labute approximate surface area is 135 Å². The Bertz CT molecular complexity index is 599. The first-order chi connectivity index (χ1) is 11.2. The molecule has 2 saturated heterocycles. The maximum atomic E-state index is 12.4. The number of amides is 1. The number of ether oxygens (including phenoxy) is 2. The Hall–Kier alpha value is -1.79. The largest absolute Gasteiger partial charge is 0.454 e. The third-order valence-electron chi connectivity index (χ3n) is 5.25. The zero-order chi connectivity index (χ0) is 15.7. The summed E-state index contributed by atoms with van der Waals surface area (Å²) in [6, 6.07) is 5.72. The molecule has 0 aliphatic carbocycles. The average Bonchev–Trinajstić information content (AvgIpc) is 3.20. The number of carbonyl (C=O) groups is 1. The SMILES string of the molecule is O=C(NCc1ccc2c(c1)OCO2)[C@H]1CC2(CCNCC2)CN1. The molecule has 124 valence electrons. The molecular weight excluding hydrogens is 294 g/mol. The van der Waals surface area contributed by atoms with Crippen molar-refractivity contribution < 1.29 is 14.3 Å². The van der Waals surface area contributed by atoms with E-state index in [-0.39, 0.29) is 18.7 Å². The molecular formula is C17H23N3O3. The minimum Gasteiger partial charge on any atom is -0.454 e. The first-order valence-electron chi connectivity index (χ1n) is 8.35. The zero-order valence-electron chi connectivity index (χ0n) is 13.2. The first-order valence-corrected chi connectivity index (χ1v) is 8.35. The number of carbonyl (C=O) groups excluding carboxylic acids is 1. The summed E-state index contributed by atoms with van der Waals surface area (Å²) in [6.45, 7) is 3.87. The van der Waals surface area contributed by atoms with Crippen LogP contribution in [0.25, 0.3) is 0 Å². The van der Waals surface area contributed by atoms with Gasteiger partial charge in [-0.15, -0.1) is 0 Å². The molecule has 1 atom stereocenters. The predicted octanol–water partition coefficient (Wildman–Crippen LogP) is 0.763. The van der Waals surface area contributed by atoms with Gasteiger partial charge in [-0.05, 0) is 55.5 Å². The van der Waals surface area contributed by atoms with Gasteiger partial charge in [-0.3, -0.25) is 4.79 Å². The van der Waals surface area contributed by atoms with Gasteiger partial charge in [-0.1, -0.05) is 6.07 Å². The van der Waals surface area contributed by atoms with E-state index in [2.05, 4.69) is 16.0 Å². The third kappa shape index (κ3) is 3.01. The van der Waals surface area contributed by atoms with E-state index < -0.39 is 0 Å². The molecule has 6 nitrogen and oxygen atoms in total. The van der Waals surface area contributed by atoms with Crippen LogP contribution in [-0.2, 0) is 11.3 Å². The van der Waals surface area contributed by atoms with Crippen LogP contribution in [0.5, 0.6) is 11.5 Å². The van der Waals surface area contributed by atoms with E-state index in [1.807, 2.05) is 18.2 Å². The maximum Gasteiger partial charge on any atom is 0.237 e. The molecule has 0 unspecified atom stereocenters. The lowest BCUT2D eigenvalue weighted by Gasteiger charge is -2.33. The standard InChI is InChI=1S/C17H23N3O3/c21-16(13-8-17(10-20-13)3-5-18-6-4-17)19-9-12-1-2-14-15(7-12)23-11-22-14/h1-2,7,13,18,20H,3-6,8-11H2,(H,19,21)/t13-/m1/s1. The summed E-state index contributed by atoms with van der Waals surface area (Å²) < 4.78 is 10.7. The van der Waals surface area contributed by atoms with Gasteiger partial charge in [0, 0.05) is 13.1 Å². The number of benzene rings is 1. The first kappa shape index (κ1) is 14.8. The summed E-state index contributed by atoms with van der Waals surface area (Å²) in [5.74, 6) is 1.62. The molecule has 1 aromatic carbocycles. The number of nitrogens with one attached hydrogen (secondary N) is 3. The van der Waals surface area contributed by atoms with E-state index in [9.17, 15) is 4.79 Å². The molecule has 6 heteroatoms. The molecule has 1 aromatic rings. The highest BCUT2D eigenvalue weighted by Gasteiger charge is 2.41. The Morgan fingerprint density at radius 1 is 1.26 bits per heavy atom. The normalized spacial score (nSPS) is 24.8. The molecule has 3 heterocycles. The lowest BCUT2D eigenvalue weighted by Crippen LogP contribution is -2.40. The Kier molecular flexibility index (Phi) is 3.87. The van der Waals surface area contributed by atoms with Gasteiger partial charge in [-0.25, -0.2) is 0 Å². The van der Waals surface area contributed by atoms with Crippen LogP contribution in [0, 0.1) is 5.41 Å². The molecule has 0 aromatic heterocycles. The number of fused-ring (bicyclic) bond motifs is 1. The topological polar surface area (TPSA) is 71.6 Å². The van der Waals surface area contributed by atoms with Crippen LogP contribution in [0.3, 0.4) is 0 Å². The molecule has 23 heavy (non-hydrogen) atoms. The van der Waals surface area contributed by atoms with Crippen LogP contribution in [0.15, 0.2) is 18.2 Å². The van der Waals surface area contributed by atoms with Gasteiger partial charge in [0.15, 0.2) is 11.5 Å². The molecule has 0 radical (unpaired) electrons. The van der Waals surface area contributed by atoms with Crippen molar-refractivity contribution >= 4 is 5.91 Å². The summed E-state index contributed by atoms with van der Waals surface area (Å²) in [7, 11) is 0. The van der Waals surface area contributed by atoms with E-state index in [1.165, 1.54) is 0 Å². The van der Waals surface area contributed by atoms with Gasteiger partial charge in [-0.2, -0.15) is 0 Å². The highest BCUT2D eigenvalue weighted by atomic mass is 16.7. The smallest absolute Gasteiger partial charge is 0.237 e. The maximum absolute atomic E-state index is 12.4. The van der Waals surface area contributed by atoms with Crippen molar-refractivity contribution in [3.8, 4) is 11.5 Å². The van der Waals surface area contributed by atoms with Crippen LogP contribution in [0.4, 0.5) is 0 Å². The Morgan fingerprint density at radius 2 is 2.09 bits per heavy atom. The van der Waals surface area contributed by atoms with Crippen LogP contribution < -0.4 is 25.4 Å². The summed E-state index contributed by atoms with van der Waals surface area (Å²) in [4.78, 5) is 12.4. The predicted molar refractivity (Wildman–Crippen MR) is 85.4 cm³/mol. The fourth-order valence-electron chi connectivity index (χ4n) is 3.80. The van der Waals surface area contributed by atoms with Gasteiger partial charge < -0.3 is 25.4 Å². The van der Waals surface area contributed by atoms with Crippen LogP contribution in [0.2, 0.25) is 0 Å². The van der Waals surface area contributed by atoms with Gasteiger partial charge in [0.2, 0.25) is 12.7 Å².